The van der Waals surface area contributed by atoms with Crippen LogP contribution in [0.25, 0.3) is 0 Å². The number of nitrogens with zero attached hydrogens (tertiary/aromatic N) is 8. The number of carbonyl (C=O) groups is 5. The van der Waals surface area contributed by atoms with Gasteiger partial charge in [-0.3, -0.25) is 44.0 Å². The van der Waals surface area contributed by atoms with Crippen LogP contribution in [0, 0.1) is 17.2 Å². The number of hydrogen-bond acceptors (Lipinski definition) is 13. The van der Waals surface area contributed by atoms with Gasteiger partial charge in [0.1, 0.15) is 24.0 Å². The predicted molar refractivity (Wildman–Crippen MR) is 209 cm³/mol. The summed E-state index contributed by atoms with van der Waals surface area (Å²) in [6, 6.07) is 14.6. The van der Waals surface area contributed by atoms with Crippen LogP contribution in [0.3, 0.4) is 0 Å². The maximum Gasteiger partial charge on any atom is 0.262 e. The summed E-state index contributed by atoms with van der Waals surface area (Å²) >= 11 is 6.15. The third kappa shape index (κ3) is 8.00. The number of likely N-dealkylation sites (tertiary alicyclic amines) is 1. The van der Waals surface area contributed by atoms with Crippen LogP contribution in [0.2, 0.25) is 5.02 Å². The number of amides is 5. The molecule has 4 saturated heterocycles. The van der Waals surface area contributed by atoms with E-state index in [4.69, 9.17) is 21.6 Å². The molecule has 0 aliphatic carbocycles. The van der Waals surface area contributed by atoms with E-state index in [-0.39, 0.29) is 30.4 Å². The summed E-state index contributed by atoms with van der Waals surface area (Å²) in [7, 11) is 1.88. The van der Waals surface area contributed by atoms with Crippen molar-refractivity contribution < 1.29 is 28.7 Å². The predicted octanol–water partition coefficient (Wildman–Crippen LogP) is 2.53. The molecule has 6 heterocycles. The zero-order valence-corrected chi connectivity index (χ0v) is 32.3. The zero-order chi connectivity index (χ0) is 39.8. The summed E-state index contributed by atoms with van der Waals surface area (Å²) in [6.07, 6.45) is 2.54. The van der Waals surface area contributed by atoms with Gasteiger partial charge >= 0.3 is 0 Å². The normalized spacial score (nSPS) is 23.4. The van der Waals surface area contributed by atoms with Crippen LogP contribution in [0.15, 0.2) is 48.5 Å². The van der Waals surface area contributed by atoms with Gasteiger partial charge in [-0.15, -0.1) is 10.2 Å². The first kappa shape index (κ1) is 38.3. The lowest BCUT2D eigenvalue weighted by atomic mass is 9.96. The Kier molecular flexibility index (Phi) is 10.8. The number of nitriles is 1. The first-order valence-corrected chi connectivity index (χ1v) is 19.7. The molecule has 4 fully saturated rings. The molecule has 2 aromatic carbocycles. The third-order valence-electron chi connectivity index (χ3n) is 11.7. The maximum atomic E-state index is 13.3. The summed E-state index contributed by atoms with van der Waals surface area (Å²) in [5.41, 5.74) is 1.83. The molecule has 57 heavy (non-hydrogen) atoms. The summed E-state index contributed by atoms with van der Waals surface area (Å²) < 4.78 is 6.06. The Hall–Kier alpha value is -5.63. The van der Waals surface area contributed by atoms with Gasteiger partial charge < -0.3 is 19.9 Å². The van der Waals surface area contributed by atoms with Gasteiger partial charge in [-0.2, -0.15) is 5.26 Å². The number of benzene rings is 2. The molecular weight excluding hydrogens is 752 g/mol. The van der Waals surface area contributed by atoms with Crippen molar-refractivity contribution in [2.24, 2.45) is 5.92 Å². The Balaban J connectivity index is 0.770. The molecule has 2 N–H and O–H groups in total. The molecule has 3 aromatic rings. The third-order valence-corrected chi connectivity index (χ3v) is 12.0. The maximum absolute atomic E-state index is 13.3. The quantitative estimate of drug-likeness (QED) is 0.302. The van der Waals surface area contributed by atoms with Crippen molar-refractivity contribution in [2.45, 2.75) is 50.3 Å². The number of carbonyl (C=O) groups excluding carboxylic acids is 5. The molecule has 0 bridgehead atoms. The van der Waals surface area contributed by atoms with Crippen LogP contribution in [0.5, 0.6) is 5.75 Å². The molecule has 1 aromatic heterocycles. The highest BCUT2D eigenvalue weighted by molar-refractivity contribution is 6.31. The smallest absolute Gasteiger partial charge is 0.262 e. The zero-order valence-electron chi connectivity index (χ0n) is 31.5. The number of anilines is 3. The Morgan fingerprint density at radius 2 is 1.70 bits per heavy atom. The molecule has 8 rings (SSSR count). The van der Waals surface area contributed by atoms with Crippen molar-refractivity contribution in [2.75, 3.05) is 74.5 Å². The number of piperidine rings is 2. The highest BCUT2D eigenvalue weighted by Gasteiger charge is 2.45. The minimum absolute atomic E-state index is 0.0862. The average molecular weight is 795 g/mol. The minimum Gasteiger partial charge on any atom is -0.489 e. The van der Waals surface area contributed by atoms with E-state index in [2.05, 4.69) is 35.5 Å². The first-order chi connectivity index (χ1) is 27.5. The summed E-state index contributed by atoms with van der Waals surface area (Å²) in [5, 5.41) is 23.3. The number of fused-ring (bicyclic) bond motifs is 1. The van der Waals surface area contributed by atoms with Crippen molar-refractivity contribution in [3.05, 3.63) is 70.2 Å². The first-order valence-electron chi connectivity index (χ1n) is 19.3. The molecular formula is C40H43ClN10O6. The van der Waals surface area contributed by atoms with Gasteiger partial charge in [0, 0.05) is 77.0 Å². The second-order valence-corrected chi connectivity index (χ2v) is 15.8. The van der Waals surface area contributed by atoms with E-state index in [1.165, 1.54) is 0 Å². The number of hydrogen-bond donors (Lipinski definition) is 2. The number of ether oxygens (including phenoxy) is 1. The highest BCUT2D eigenvalue weighted by atomic mass is 35.5. The molecule has 5 aliphatic rings. The van der Waals surface area contributed by atoms with Crippen molar-refractivity contribution >= 4 is 58.5 Å². The van der Waals surface area contributed by atoms with E-state index in [1.807, 2.05) is 30.1 Å². The van der Waals surface area contributed by atoms with Gasteiger partial charge in [0.05, 0.1) is 27.8 Å². The lowest BCUT2D eigenvalue weighted by molar-refractivity contribution is -0.136. The van der Waals surface area contributed by atoms with Crippen molar-refractivity contribution in [3.63, 3.8) is 0 Å². The van der Waals surface area contributed by atoms with Gasteiger partial charge in [-0.25, -0.2) is 0 Å². The van der Waals surface area contributed by atoms with Gasteiger partial charge in [0.25, 0.3) is 11.8 Å². The van der Waals surface area contributed by atoms with E-state index in [0.717, 1.165) is 75.1 Å². The van der Waals surface area contributed by atoms with E-state index < -0.39 is 35.7 Å². The molecule has 0 radical (unpaired) electrons. The number of imide groups is 2. The van der Waals surface area contributed by atoms with Crippen LogP contribution >= 0.6 is 11.6 Å². The number of piperazine rings is 1. The Bertz CT molecular complexity index is 2130. The standard InChI is InChI=1S/C40H43ClN10O6/c1-47-23-28(57-27-4-2-25(21-42)31(41)19-27)20-33(47)38(54)43-34-7-8-35(46-45-34)50-12-10-24(11-13-50)22-48-14-16-49(17-15-48)26-3-5-29-30(18-26)40(56)51(39(29)55)32-6-9-36(52)44-37(32)53/h2-5,7-8,18-19,24,28,32-33H,6,9-17,20,22-23H2,1H3,(H,43,45,54)(H,44,52,53)/t28-,32?,33+/m1/s1. The number of aromatic nitrogens is 2. The van der Waals surface area contributed by atoms with E-state index in [1.54, 1.807) is 36.4 Å². The molecule has 0 spiro atoms. The van der Waals surface area contributed by atoms with E-state index in [9.17, 15) is 24.0 Å². The summed E-state index contributed by atoms with van der Waals surface area (Å²) in [5.74, 6) is 0.0951. The van der Waals surface area contributed by atoms with Crippen molar-refractivity contribution in [3.8, 4) is 11.8 Å². The minimum atomic E-state index is -0.979. The number of rotatable bonds is 9. The fraction of sp³-hybridized carbons (Fsp3) is 0.450. The highest BCUT2D eigenvalue weighted by Crippen LogP contribution is 2.32. The molecule has 5 amide bonds. The largest absolute Gasteiger partial charge is 0.489 e. The average Bonchev–Trinajstić information content (AvgIpc) is 3.70. The molecule has 0 saturated carbocycles. The van der Waals surface area contributed by atoms with Crippen LogP contribution in [0.1, 0.15) is 58.4 Å². The van der Waals surface area contributed by atoms with Gasteiger partial charge in [-0.1, -0.05) is 11.6 Å². The van der Waals surface area contributed by atoms with E-state index >= 15 is 0 Å². The Labute approximate surface area is 334 Å². The second-order valence-electron chi connectivity index (χ2n) is 15.3. The molecule has 5 aliphatic heterocycles. The summed E-state index contributed by atoms with van der Waals surface area (Å²) in [4.78, 5) is 73.5. The lowest BCUT2D eigenvalue weighted by Gasteiger charge is -2.39. The van der Waals surface area contributed by atoms with Crippen molar-refractivity contribution in [1.29, 1.82) is 5.26 Å². The lowest BCUT2D eigenvalue weighted by Crippen LogP contribution is -2.54. The van der Waals surface area contributed by atoms with E-state index in [0.29, 0.717) is 46.6 Å². The van der Waals surface area contributed by atoms with Crippen LogP contribution in [0.4, 0.5) is 17.3 Å². The Morgan fingerprint density at radius 1 is 0.930 bits per heavy atom. The monoisotopic (exact) mass is 794 g/mol. The Morgan fingerprint density at radius 3 is 2.40 bits per heavy atom. The number of likely N-dealkylation sites (N-methyl/N-ethyl adjacent to an activating group) is 1. The van der Waals surface area contributed by atoms with Crippen molar-refractivity contribution in [1.82, 2.24) is 30.2 Å². The van der Waals surface area contributed by atoms with Gasteiger partial charge in [0.2, 0.25) is 17.7 Å². The van der Waals surface area contributed by atoms with Gasteiger partial charge in [0.15, 0.2) is 11.6 Å². The fourth-order valence-corrected chi connectivity index (χ4v) is 8.73. The number of nitrogens with one attached hydrogen (secondary N) is 2. The molecule has 1 unspecified atom stereocenters. The van der Waals surface area contributed by atoms with Gasteiger partial charge in [-0.05, 0) is 74.7 Å². The molecule has 3 atom stereocenters. The molecule has 296 valence electrons. The number of halogens is 1. The van der Waals surface area contributed by atoms with Crippen LogP contribution in [-0.4, -0.2) is 132 Å². The van der Waals surface area contributed by atoms with Crippen LogP contribution < -0.4 is 25.2 Å². The molecule has 17 heteroatoms. The topological polar surface area (TPSA) is 184 Å². The second kappa shape index (κ2) is 16.1. The summed E-state index contributed by atoms with van der Waals surface area (Å²) in [6.45, 7) is 6.61. The molecule has 16 nitrogen and oxygen atoms in total. The fourth-order valence-electron chi connectivity index (χ4n) is 8.52. The van der Waals surface area contributed by atoms with Crippen LogP contribution in [-0.2, 0) is 14.4 Å². The SMILES string of the molecule is CN1C[C@H](Oc2ccc(C#N)c(Cl)c2)C[C@H]1C(=O)Nc1ccc(N2CCC(CN3CCN(c4ccc5c(c4)C(=O)N(C4CCC(=O)NC4=O)C5=O)CC3)CC2)nn1.